The van der Waals surface area contributed by atoms with E-state index in [1.165, 1.54) is 5.56 Å². The number of nitrogens with one attached hydrogen (secondary N) is 1. The number of amides is 1. The second-order valence-electron chi connectivity index (χ2n) is 7.13. The fourth-order valence-corrected chi connectivity index (χ4v) is 3.85. The third-order valence-electron chi connectivity index (χ3n) is 5.30. The number of likely N-dealkylation sites (tertiary alicyclic amines) is 1. The van der Waals surface area contributed by atoms with Gasteiger partial charge in [0.05, 0.1) is 32.4 Å². The van der Waals surface area contributed by atoms with Gasteiger partial charge in [0.25, 0.3) is 0 Å². The smallest absolute Gasteiger partial charge is 0.234 e. The summed E-state index contributed by atoms with van der Waals surface area (Å²) in [6.07, 6.45) is 2.76. The number of aliphatic hydroxyl groups is 1. The van der Waals surface area contributed by atoms with Crippen LogP contribution in [0.4, 0.5) is 0 Å². The van der Waals surface area contributed by atoms with Crippen molar-refractivity contribution in [2.45, 2.75) is 37.3 Å². The standard InChI is InChI=1S/C20H30N2O4/c23-11-13-26-19-15-25-12-8-18(19)21-20(24)14-22-9-6-17(7-10-22)16-4-2-1-3-5-16/h1-5,17-19,23H,6-15H2,(H,21,24)/t18-,19-/m1/s1. The summed E-state index contributed by atoms with van der Waals surface area (Å²) in [4.78, 5) is 14.7. The number of aliphatic hydroxyl groups excluding tert-OH is 1. The van der Waals surface area contributed by atoms with Gasteiger partial charge in [-0.2, -0.15) is 0 Å². The van der Waals surface area contributed by atoms with Gasteiger partial charge in [-0.15, -0.1) is 0 Å². The van der Waals surface area contributed by atoms with Crippen molar-refractivity contribution in [1.82, 2.24) is 10.2 Å². The maximum Gasteiger partial charge on any atom is 0.234 e. The third-order valence-corrected chi connectivity index (χ3v) is 5.30. The first-order valence-electron chi connectivity index (χ1n) is 9.63. The van der Waals surface area contributed by atoms with Gasteiger partial charge in [-0.25, -0.2) is 0 Å². The zero-order valence-corrected chi connectivity index (χ0v) is 15.3. The summed E-state index contributed by atoms with van der Waals surface area (Å²) < 4.78 is 11.0. The molecule has 0 spiro atoms. The first-order valence-corrected chi connectivity index (χ1v) is 9.63. The van der Waals surface area contributed by atoms with E-state index in [0.29, 0.717) is 25.7 Å². The molecular weight excluding hydrogens is 332 g/mol. The highest BCUT2D eigenvalue weighted by Crippen LogP contribution is 2.27. The molecule has 6 heteroatoms. The Morgan fingerprint density at radius 1 is 1.23 bits per heavy atom. The molecule has 0 unspecified atom stereocenters. The van der Waals surface area contributed by atoms with E-state index in [4.69, 9.17) is 14.6 Å². The van der Waals surface area contributed by atoms with E-state index in [0.717, 1.165) is 32.4 Å². The summed E-state index contributed by atoms with van der Waals surface area (Å²) in [6.45, 7) is 3.68. The molecule has 1 amide bonds. The Kier molecular flexibility index (Phi) is 7.43. The van der Waals surface area contributed by atoms with E-state index in [9.17, 15) is 4.79 Å². The van der Waals surface area contributed by atoms with Crippen molar-refractivity contribution in [3.8, 4) is 0 Å². The topological polar surface area (TPSA) is 71.0 Å². The molecule has 0 bridgehead atoms. The van der Waals surface area contributed by atoms with Crippen molar-refractivity contribution in [2.24, 2.45) is 0 Å². The summed E-state index contributed by atoms with van der Waals surface area (Å²) in [7, 11) is 0. The molecule has 2 saturated heterocycles. The lowest BCUT2D eigenvalue weighted by atomic mass is 9.89. The summed E-state index contributed by atoms with van der Waals surface area (Å²) in [6, 6.07) is 10.6. The Bertz CT molecular complexity index is 546. The molecule has 0 saturated carbocycles. The third kappa shape index (κ3) is 5.51. The van der Waals surface area contributed by atoms with Crippen molar-refractivity contribution >= 4 is 5.91 Å². The fourth-order valence-electron chi connectivity index (χ4n) is 3.85. The van der Waals surface area contributed by atoms with Gasteiger partial charge in [0, 0.05) is 6.61 Å². The Morgan fingerprint density at radius 3 is 2.73 bits per heavy atom. The average molecular weight is 362 g/mol. The molecule has 1 aromatic carbocycles. The van der Waals surface area contributed by atoms with E-state index >= 15 is 0 Å². The number of benzene rings is 1. The molecule has 0 aliphatic carbocycles. The lowest BCUT2D eigenvalue weighted by Crippen LogP contribution is -2.52. The second-order valence-corrected chi connectivity index (χ2v) is 7.13. The molecule has 0 aromatic heterocycles. The molecule has 144 valence electrons. The van der Waals surface area contributed by atoms with Crippen molar-refractivity contribution in [3.63, 3.8) is 0 Å². The lowest BCUT2D eigenvalue weighted by molar-refractivity contribution is -0.127. The highest BCUT2D eigenvalue weighted by Gasteiger charge is 2.29. The molecule has 6 nitrogen and oxygen atoms in total. The van der Waals surface area contributed by atoms with Crippen LogP contribution in [0.2, 0.25) is 0 Å². The second kappa shape index (κ2) is 10.0. The van der Waals surface area contributed by atoms with Crippen molar-refractivity contribution in [1.29, 1.82) is 0 Å². The fraction of sp³-hybridized carbons (Fsp3) is 0.650. The van der Waals surface area contributed by atoms with E-state index in [1.807, 2.05) is 0 Å². The van der Waals surface area contributed by atoms with Gasteiger partial charge in [-0.3, -0.25) is 9.69 Å². The molecule has 2 fully saturated rings. The Balaban J connectivity index is 1.42. The molecular formula is C20H30N2O4. The van der Waals surface area contributed by atoms with Crippen LogP contribution in [-0.4, -0.2) is 74.1 Å². The predicted molar refractivity (Wildman–Crippen MR) is 99.0 cm³/mol. The van der Waals surface area contributed by atoms with E-state index < -0.39 is 0 Å². The van der Waals surface area contributed by atoms with Crippen LogP contribution in [0.25, 0.3) is 0 Å². The van der Waals surface area contributed by atoms with Crippen LogP contribution in [0.5, 0.6) is 0 Å². The highest BCUT2D eigenvalue weighted by atomic mass is 16.5. The minimum Gasteiger partial charge on any atom is -0.394 e. The molecule has 3 rings (SSSR count). The van der Waals surface area contributed by atoms with E-state index in [-0.39, 0.29) is 31.3 Å². The largest absolute Gasteiger partial charge is 0.394 e. The number of piperidine rings is 1. The minimum atomic E-state index is -0.177. The van der Waals surface area contributed by atoms with Crippen molar-refractivity contribution < 1.29 is 19.4 Å². The maximum absolute atomic E-state index is 12.5. The number of ether oxygens (including phenoxy) is 2. The normalized spacial score (nSPS) is 25.1. The van der Waals surface area contributed by atoms with Crippen LogP contribution in [0.15, 0.2) is 30.3 Å². The highest BCUT2D eigenvalue weighted by molar-refractivity contribution is 5.78. The number of carbonyl (C=O) groups excluding carboxylic acids is 1. The molecule has 1 aromatic rings. The SMILES string of the molecule is O=C(CN1CCC(c2ccccc2)CC1)N[C@@H]1CCOC[C@H]1OCCO. The molecule has 2 heterocycles. The molecule has 0 radical (unpaired) electrons. The van der Waals surface area contributed by atoms with Gasteiger partial charge >= 0.3 is 0 Å². The van der Waals surface area contributed by atoms with Gasteiger partial charge in [0.15, 0.2) is 0 Å². The van der Waals surface area contributed by atoms with Crippen LogP contribution in [0, 0.1) is 0 Å². The summed E-state index contributed by atoms with van der Waals surface area (Å²) >= 11 is 0. The molecule has 2 aliphatic rings. The number of rotatable bonds is 7. The first kappa shape index (κ1) is 19.3. The Hall–Kier alpha value is -1.47. The number of nitrogens with zero attached hydrogens (tertiary/aromatic N) is 1. The summed E-state index contributed by atoms with van der Waals surface area (Å²) in [5.41, 5.74) is 1.41. The zero-order valence-electron chi connectivity index (χ0n) is 15.3. The number of carbonyl (C=O) groups is 1. The zero-order chi connectivity index (χ0) is 18.2. The van der Waals surface area contributed by atoms with Crippen LogP contribution in [-0.2, 0) is 14.3 Å². The average Bonchev–Trinajstić information content (AvgIpc) is 2.68. The first-order chi connectivity index (χ1) is 12.8. The van der Waals surface area contributed by atoms with Gasteiger partial charge in [0.2, 0.25) is 5.91 Å². The number of hydrogen-bond acceptors (Lipinski definition) is 5. The van der Waals surface area contributed by atoms with E-state index in [2.05, 4.69) is 40.5 Å². The van der Waals surface area contributed by atoms with Crippen molar-refractivity contribution in [3.05, 3.63) is 35.9 Å². The van der Waals surface area contributed by atoms with Crippen LogP contribution in [0.3, 0.4) is 0 Å². The van der Waals surface area contributed by atoms with E-state index in [1.54, 1.807) is 0 Å². The van der Waals surface area contributed by atoms with Crippen LogP contribution in [0.1, 0.15) is 30.7 Å². The van der Waals surface area contributed by atoms with Crippen LogP contribution < -0.4 is 5.32 Å². The van der Waals surface area contributed by atoms with Gasteiger partial charge < -0.3 is 19.9 Å². The Labute approximate surface area is 155 Å². The lowest BCUT2D eigenvalue weighted by Gasteiger charge is -2.34. The van der Waals surface area contributed by atoms with Crippen molar-refractivity contribution in [2.75, 3.05) is 46.1 Å². The quantitative estimate of drug-likeness (QED) is 0.761. The maximum atomic E-state index is 12.5. The number of hydrogen-bond donors (Lipinski definition) is 2. The van der Waals surface area contributed by atoms with Gasteiger partial charge in [-0.05, 0) is 43.8 Å². The Morgan fingerprint density at radius 2 is 2.00 bits per heavy atom. The molecule has 2 atom stereocenters. The monoisotopic (exact) mass is 362 g/mol. The molecule has 26 heavy (non-hydrogen) atoms. The molecule has 2 aliphatic heterocycles. The molecule has 2 N–H and O–H groups in total. The predicted octanol–water partition coefficient (Wildman–Crippen LogP) is 1.15. The van der Waals surface area contributed by atoms with Crippen LogP contribution >= 0.6 is 0 Å². The van der Waals surface area contributed by atoms with Gasteiger partial charge in [-0.1, -0.05) is 30.3 Å². The van der Waals surface area contributed by atoms with Gasteiger partial charge in [0.1, 0.15) is 6.10 Å². The summed E-state index contributed by atoms with van der Waals surface area (Å²) in [5, 5.41) is 12.0. The summed E-state index contributed by atoms with van der Waals surface area (Å²) in [5.74, 6) is 0.648. The minimum absolute atomic E-state index is 0.0203.